The van der Waals surface area contributed by atoms with Gasteiger partial charge in [-0.05, 0) is 46.8 Å². The Balaban J connectivity index is 1.87. The molecule has 0 aliphatic carbocycles. The molecule has 1 atom stereocenters. The number of nitrogens with one attached hydrogen (secondary N) is 1. The Bertz CT molecular complexity index is 922. The number of tetrazole rings is 1. The third kappa shape index (κ3) is 2.67. The largest absolute Gasteiger partial charge is 0.497 e. The Kier molecular flexibility index (Phi) is 3.77. The minimum absolute atomic E-state index is 0.244. The van der Waals surface area contributed by atoms with E-state index in [-0.39, 0.29) is 6.04 Å². The summed E-state index contributed by atoms with van der Waals surface area (Å²) >= 11 is 0. The van der Waals surface area contributed by atoms with Crippen LogP contribution in [0.3, 0.4) is 0 Å². The third-order valence-corrected chi connectivity index (χ3v) is 4.06. The third-order valence-electron chi connectivity index (χ3n) is 4.06. The topological polar surface area (TPSA) is 87.0 Å². The lowest BCUT2D eigenvalue weighted by molar-refractivity contribution is 0.393. The van der Waals surface area contributed by atoms with Gasteiger partial charge in [0.05, 0.1) is 14.2 Å². The second-order valence-corrected chi connectivity index (χ2v) is 5.45. The Labute approximate surface area is 144 Å². The number of pyridine rings is 1. The molecule has 8 heteroatoms. The van der Waals surface area contributed by atoms with Crippen LogP contribution in [0.1, 0.15) is 17.2 Å². The second-order valence-electron chi connectivity index (χ2n) is 5.45. The van der Waals surface area contributed by atoms with Crippen LogP contribution in [0.5, 0.6) is 11.5 Å². The van der Waals surface area contributed by atoms with Crippen molar-refractivity contribution in [1.29, 1.82) is 0 Å². The van der Waals surface area contributed by atoms with Crippen LogP contribution in [0, 0.1) is 0 Å². The maximum Gasteiger partial charge on any atom is 0.248 e. The maximum absolute atomic E-state index is 5.53. The fourth-order valence-electron chi connectivity index (χ4n) is 2.84. The molecule has 1 N–H and O–H groups in total. The van der Waals surface area contributed by atoms with E-state index in [0.717, 1.165) is 28.3 Å². The van der Waals surface area contributed by atoms with Crippen molar-refractivity contribution < 1.29 is 9.47 Å². The molecule has 1 aliphatic rings. The molecule has 1 aliphatic heterocycles. The number of fused-ring (bicyclic) bond motifs is 1. The predicted octanol–water partition coefficient (Wildman–Crippen LogP) is 2.14. The monoisotopic (exact) mass is 336 g/mol. The zero-order chi connectivity index (χ0) is 17.2. The highest BCUT2D eigenvalue weighted by atomic mass is 16.5. The van der Waals surface area contributed by atoms with Gasteiger partial charge in [0.2, 0.25) is 5.95 Å². The molecule has 2 aromatic heterocycles. The number of hydrogen-bond donors (Lipinski definition) is 1. The number of nitrogens with zero attached hydrogens (tertiary/aromatic N) is 5. The average molecular weight is 336 g/mol. The van der Waals surface area contributed by atoms with Crippen LogP contribution in [-0.2, 0) is 0 Å². The van der Waals surface area contributed by atoms with Gasteiger partial charge in [-0.3, -0.25) is 4.98 Å². The van der Waals surface area contributed by atoms with Gasteiger partial charge in [0.25, 0.3) is 0 Å². The van der Waals surface area contributed by atoms with Crippen LogP contribution < -0.4 is 14.8 Å². The molecular weight excluding hydrogens is 320 g/mol. The van der Waals surface area contributed by atoms with Crippen LogP contribution in [-0.4, -0.2) is 39.4 Å². The molecule has 126 valence electrons. The van der Waals surface area contributed by atoms with E-state index in [4.69, 9.17) is 9.47 Å². The number of hydrogen-bond acceptors (Lipinski definition) is 7. The lowest BCUT2D eigenvalue weighted by Crippen LogP contribution is -2.20. The normalized spacial score (nSPS) is 15.8. The van der Waals surface area contributed by atoms with Gasteiger partial charge in [0.1, 0.15) is 17.5 Å². The van der Waals surface area contributed by atoms with Gasteiger partial charge in [-0.2, -0.15) is 4.68 Å². The molecule has 8 nitrogen and oxygen atoms in total. The molecule has 0 bridgehead atoms. The summed E-state index contributed by atoms with van der Waals surface area (Å²) in [5, 5.41) is 15.2. The fraction of sp³-hybridized carbons (Fsp3) is 0.176. The van der Waals surface area contributed by atoms with Crippen molar-refractivity contribution in [3.8, 4) is 11.5 Å². The number of aromatic nitrogens is 5. The van der Waals surface area contributed by atoms with E-state index in [1.54, 1.807) is 31.3 Å². The van der Waals surface area contributed by atoms with E-state index in [2.05, 4.69) is 25.8 Å². The summed E-state index contributed by atoms with van der Waals surface area (Å²) < 4.78 is 12.6. The van der Waals surface area contributed by atoms with Crippen LogP contribution in [0.2, 0.25) is 0 Å². The Hall–Kier alpha value is -3.42. The smallest absolute Gasteiger partial charge is 0.248 e. The zero-order valence-corrected chi connectivity index (χ0v) is 13.7. The Morgan fingerprint density at radius 3 is 2.84 bits per heavy atom. The van der Waals surface area contributed by atoms with Crippen molar-refractivity contribution in [2.45, 2.75) is 6.04 Å². The minimum atomic E-state index is -0.244. The Morgan fingerprint density at radius 2 is 2.08 bits per heavy atom. The molecule has 1 aromatic carbocycles. The standard InChI is InChI=1S/C17H16N6O2/c1-24-12-5-6-16(25-2)13(8-12)15-9-14(11-4-3-7-18-10-11)19-17-20-21-22-23(15)17/h3-10,15H,1-2H3,(H,19,20,22)/t15-/m0/s1. The van der Waals surface area contributed by atoms with E-state index >= 15 is 0 Å². The fourth-order valence-corrected chi connectivity index (χ4v) is 2.84. The first-order chi connectivity index (χ1) is 12.3. The predicted molar refractivity (Wildman–Crippen MR) is 91.3 cm³/mol. The molecule has 0 radical (unpaired) electrons. The average Bonchev–Trinajstić information content (AvgIpc) is 3.16. The van der Waals surface area contributed by atoms with Gasteiger partial charge in [-0.1, -0.05) is 5.10 Å². The summed E-state index contributed by atoms with van der Waals surface area (Å²) in [7, 11) is 3.27. The van der Waals surface area contributed by atoms with Crippen LogP contribution >= 0.6 is 0 Å². The molecule has 3 aromatic rings. The molecule has 3 heterocycles. The van der Waals surface area contributed by atoms with Crippen LogP contribution in [0.15, 0.2) is 48.8 Å². The van der Waals surface area contributed by atoms with Gasteiger partial charge in [0, 0.05) is 29.2 Å². The van der Waals surface area contributed by atoms with E-state index in [1.807, 2.05) is 36.4 Å². The van der Waals surface area contributed by atoms with Crippen molar-refractivity contribution >= 4 is 11.6 Å². The minimum Gasteiger partial charge on any atom is -0.497 e. The molecule has 4 rings (SSSR count). The lowest BCUT2D eigenvalue weighted by atomic mass is 10.0. The number of anilines is 1. The van der Waals surface area contributed by atoms with Crippen molar-refractivity contribution in [2.75, 3.05) is 19.5 Å². The van der Waals surface area contributed by atoms with Crippen molar-refractivity contribution in [3.63, 3.8) is 0 Å². The number of allylic oxidation sites excluding steroid dienone is 1. The number of benzene rings is 1. The Morgan fingerprint density at radius 1 is 1.16 bits per heavy atom. The van der Waals surface area contributed by atoms with Gasteiger partial charge in [0.15, 0.2) is 0 Å². The summed E-state index contributed by atoms with van der Waals surface area (Å²) in [5.74, 6) is 2.02. The molecule has 0 saturated heterocycles. The van der Waals surface area contributed by atoms with Crippen LogP contribution in [0.25, 0.3) is 5.70 Å². The summed E-state index contributed by atoms with van der Waals surface area (Å²) in [6, 6.07) is 9.28. The highest BCUT2D eigenvalue weighted by molar-refractivity contribution is 5.76. The van der Waals surface area contributed by atoms with Crippen molar-refractivity contribution in [2.24, 2.45) is 0 Å². The first-order valence-electron chi connectivity index (χ1n) is 7.69. The molecule has 0 spiro atoms. The number of rotatable bonds is 4. The summed E-state index contributed by atoms with van der Waals surface area (Å²) in [6.07, 6.45) is 5.56. The van der Waals surface area contributed by atoms with Gasteiger partial charge < -0.3 is 14.8 Å². The quantitative estimate of drug-likeness (QED) is 0.781. The van der Waals surface area contributed by atoms with Gasteiger partial charge >= 0.3 is 0 Å². The van der Waals surface area contributed by atoms with Crippen molar-refractivity contribution in [3.05, 3.63) is 59.9 Å². The molecular formula is C17H16N6O2. The molecule has 0 unspecified atom stereocenters. The first kappa shape index (κ1) is 15.1. The highest BCUT2D eigenvalue weighted by Crippen LogP contribution is 2.37. The summed E-state index contributed by atoms with van der Waals surface area (Å²) in [5.41, 5.74) is 2.73. The number of methoxy groups -OCH3 is 2. The zero-order valence-electron chi connectivity index (χ0n) is 13.7. The van der Waals surface area contributed by atoms with Gasteiger partial charge in [-0.25, -0.2) is 0 Å². The van der Waals surface area contributed by atoms with E-state index in [1.165, 1.54) is 0 Å². The maximum atomic E-state index is 5.53. The summed E-state index contributed by atoms with van der Waals surface area (Å²) in [6.45, 7) is 0. The highest BCUT2D eigenvalue weighted by Gasteiger charge is 2.27. The molecule has 0 amide bonds. The van der Waals surface area contributed by atoms with Crippen molar-refractivity contribution in [1.82, 2.24) is 25.2 Å². The number of ether oxygens (including phenoxy) is 2. The van der Waals surface area contributed by atoms with Gasteiger partial charge in [-0.15, -0.1) is 0 Å². The first-order valence-corrected chi connectivity index (χ1v) is 7.69. The van der Waals surface area contributed by atoms with Crippen LogP contribution in [0.4, 0.5) is 5.95 Å². The van der Waals surface area contributed by atoms with E-state index in [0.29, 0.717) is 5.95 Å². The SMILES string of the molecule is COc1ccc(OC)c([C@@H]2C=C(c3cccnc3)Nc3nnnn32)c1. The van der Waals surface area contributed by atoms with E-state index in [9.17, 15) is 0 Å². The molecule has 25 heavy (non-hydrogen) atoms. The molecule has 0 saturated carbocycles. The van der Waals surface area contributed by atoms with E-state index < -0.39 is 0 Å². The lowest BCUT2D eigenvalue weighted by Gasteiger charge is -2.24. The summed E-state index contributed by atoms with van der Waals surface area (Å²) in [4.78, 5) is 4.18. The second kappa shape index (κ2) is 6.23. The molecule has 0 fully saturated rings.